The Bertz CT molecular complexity index is 1040. The summed E-state index contributed by atoms with van der Waals surface area (Å²) in [5.41, 5.74) is 8.60. The fourth-order valence-electron chi connectivity index (χ4n) is 5.80. The van der Waals surface area contributed by atoms with Crippen molar-refractivity contribution in [2.24, 2.45) is 11.8 Å². The molecule has 0 bridgehead atoms. The molecule has 0 aromatic carbocycles. The summed E-state index contributed by atoms with van der Waals surface area (Å²) >= 11 is 0. The molecule has 8 nitrogen and oxygen atoms in total. The number of nitrogens with zero attached hydrogens (tertiary/aromatic N) is 4. The molecule has 0 atom stereocenters. The molecule has 0 spiro atoms. The van der Waals surface area contributed by atoms with E-state index >= 15 is 0 Å². The first-order valence-electron chi connectivity index (χ1n) is 13.8. The van der Waals surface area contributed by atoms with E-state index in [-0.39, 0.29) is 23.7 Å². The molecule has 37 heavy (non-hydrogen) atoms. The largest absolute Gasteiger partial charge is 0.384 e. The van der Waals surface area contributed by atoms with Gasteiger partial charge in [-0.2, -0.15) is 0 Å². The number of carbonyl (C=O) groups excluding carboxylic acids is 2. The summed E-state index contributed by atoms with van der Waals surface area (Å²) in [4.78, 5) is 35.1. The quantitative estimate of drug-likeness (QED) is 0.496. The number of piperidine rings is 2. The van der Waals surface area contributed by atoms with Crippen molar-refractivity contribution in [1.82, 2.24) is 25.0 Å². The van der Waals surface area contributed by atoms with Gasteiger partial charge in [-0.3, -0.25) is 14.5 Å². The minimum Gasteiger partial charge on any atom is -0.384 e. The van der Waals surface area contributed by atoms with Crippen LogP contribution in [0.15, 0.2) is 41.6 Å². The highest BCUT2D eigenvalue weighted by atomic mass is 19.1. The summed E-state index contributed by atoms with van der Waals surface area (Å²) in [5, 5.41) is 3.62. The number of pyridine rings is 1. The van der Waals surface area contributed by atoms with Gasteiger partial charge < -0.3 is 20.9 Å². The van der Waals surface area contributed by atoms with Crippen molar-refractivity contribution in [3.8, 4) is 0 Å². The summed E-state index contributed by atoms with van der Waals surface area (Å²) < 4.78 is 14.1. The first-order valence-corrected chi connectivity index (χ1v) is 13.8. The third-order valence-electron chi connectivity index (χ3n) is 8.18. The number of halogens is 1. The van der Waals surface area contributed by atoms with E-state index in [1.165, 1.54) is 6.08 Å². The van der Waals surface area contributed by atoms with Gasteiger partial charge in [0.25, 0.3) is 0 Å². The predicted molar refractivity (Wildman–Crippen MR) is 140 cm³/mol. The zero-order valence-electron chi connectivity index (χ0n) is 21.6. The smallest absolute Gasteiger partial charge is 0.225 e. The Kier molecular flexibility index (Phi) is 8.08. The van der Waals surface area contributed by atoms with Crippen LogP contribution >= 0.6 is 0 Å². The molecule has 3 heterocycles. The molecule has 200 valence electrons. The second-order valence-electron chi connectivity index (χ2n) is 11.0. The molecule has 5 rings (SSSR count). The van der Waals surface area contributed by atoms with Crippen molar-refractivity contribution in [2.45, 2.75) is 64.0 Å². The van der Waals surface area contributed by atoms with Gasteiger partial charge >= 0.3 is 0 Å². The average molecular weight is 511 g/mol. The molecule has 4 aliphatic rings. The molecular formula is C28H39FN6O2. The van der Waals surface area contributed by atoms with Crippen LogP contribution in [0.4, 0.5) is 10.2 Å². The minimum atomic E-state index is -0.167. The Morgan fingerprint density at radius 2 is 1.89 bits per heavy atom. The summed E-state index contributed by atoms with van der Waals surface area (Å²) in [6.07, 6.45) is 10.8. The molecular weight excluding hydrogens is 471 g/mol. The van der Waals surface area contributed by atoms with Crippen LogP contribution < -0.4 is 11.1 Å². The second-order valence-corrected chi connectivity index (χ2v) is 11.0. The van der Waals surface area contributed by atoms with Crippen LogP contribution in [0.2, 0.25) is 0 Å². The Labute approximate surface area is 218 Å². The van der Waals surface area contributed by atoms with Gasteiger partial charge in [-0.25, -0.2) is 9.37 Å². The van der Waals surface area contributed by atoms with E-state index in [2.05, 4.69) is 15.2 Å². The van der Waals surface area contributed by atoms with Crippen LogP contribution in [0, 0.1) is 11.8 Å². The van der Waals surface area contributed by atoms with Crippen molar-refractivity contribution >= 4 is 18.1 Å². The Balaban J connectivity index is 1.10. The van der Waals surface area contributed by atoms with Gasteiger partial charge in [0, 0.05) is 56.5 Å². The van der Waals surface area contributed by atoms with Gasteiger partial charge in [0.05, 0.1) is 5.70 Å². The van der Waals surface area contributed by atoms with Gasteiger partial charge in [0.15, 0.2) is 0 Å². The van der Waals surface area contributed by atoms with Gasteiger partial charge in [0.2, 0.25) is 12.3 Å². The number of hydrogen-bond acceptors (Lipinski definition) is 6. The van der Waals surface area contributed by atoms with Crippen LogP contribution in [0.3, 0.4) is 0 Å². The summed E-state index contributed by atoms with van der Waals surface area (Å²) in [5.74, 6) is 1.28. The number of amides is 2. The van der Waals surface area contributed by atoms with Crippen LogP contribution in [0.25, 0.3) is 0 Å². The van der Waals surface area contributed by atoms with Crippen molar-refractivity contribution in [3.05, 3.63) is 47.2 Å². The van der Waals surface area contributed by atoms with E-state index in [4.69, 9.17) is 5.73 Å². The van der Waals surface area contributed by atoms with Crippen molar-refractivity contribution in [3.63, 3.8) is 0 Å². The summed E-state index contributed by atoms with van der Waals surface area (Å²) in [6, 6.07) is 4.14. The van der Waals surface area contributed by atoms with Gasteiger partial charge in [-0.05, 0) is 87.7 Å². The fourth-order valence-corrected chi connectivity index (χ4v) is 5.80. The molecule has 2 aliphatic carbocycles. The number of carbonyl (C=O) groups is 2. The molecule has 2 aliphatic heterocycles. The lowest BCUT2D eigenvalue weighted by Gasteiger charge is -2.38. The van der Waals surface area contributed by atoms with Crippen LogP contribution in [-0.4, -0.2) is 70.8 Å². The number of allylic oxidation sites excluding steroid dienone is 3. The normalized spacial score (nSPS) is 22.1. The van der Waals surface area contributed by atoms with E-state index < -0.39 is 0 Å². The molecule has 1 saturated carbocycles. The Morgan fingerprint density at radius 1 is 1.14 bits per heavy atom. The molecule has 9 heteroatoms. The number of likely N-dealkylation sites (tertiary alicyclic amines) is 2. The van der Waals surface area contributed by atoms with Gasteiger partial charge in [-0.1, -0.05) is 0 Å². The highest BCUT2D eigenvalue weighted by molar-refractivity contribution is 5.79. The van der Waals surface area contributed by atoms with Crippen molar-refractivity contribution < 1.29 is 14.0 Å². The minimum absolute atomic E-state index is 0.0904. The molecule has 0 unspecified atom stereocenters. The van der Waals surface area contributed by atoms with E-state index in [0.717, 1.165) is 88.9 Å². The number of nitrogen functional groups attached to an aromatic ring is 1. The van der Waals surface area contributed by atoms with E-state index in [1.807, 2.05) is 17.0 Å². The highest BCUT2D eigenvalue weighted by Crippen LogP contribution is 2.33. The number of anilines is 1. The standard InChI is InChI=1S/C28H39FN6O2/c29-23-3-4-25(26(16-23)35(19-36)18-20-1-2-20)32-24-8-13-34(14-9-24)28(37)22-6-11-33(12-7-22)17-21-5-10-31-27(30)15-21/h5,10,15-16,19-20,22,24,32H,1-4,6-9,11-14,17-18H2,(H2,30,31). The molecule has 3 N–H and O–H groups in total. The summed E-state index contributed by atoms with van der Waals surface area (Å²) in [6.45, 7) is 4.79. The average Bonchev–Trinajstić information content (AvgIpc) is 3.73. The number of aromatic nitrogens is 1. The van der Waals surface area contributed by atoms with Crippen LogP contribution in [0.1, 0.15) is 56.9 Å². The zero-order valence-corrected chi connectivity index (χ0v) is 21.6. The number of rotatable bonds is 9. The fraction of sp³-hybridized carbons (Fsp3) is 0.607. The molecule has 0 radical (unpaired) electrons. The molecule has 3 fully saturated rings. The molecule has 2 saturated heterocycles. The zero-order chi connectivity index (χ0) is 25.8. The van der Waals surface area contributed by atoms with E-state index in [0.29, 0.717) is 36.8 Å². The van der Waals surface area contributed by atoms with Gasteiger partial charge in [-0.15, -0.1) is 0 Å². The maximum atomic E-state index is 14.1. The lowest BCUT2D eigenvalue weighted by molar-refractivity contribution is -0.138. The third kappa shape index (κ3) is 6.69. The second kappa shape index (κ2) is 11.6. The third-order valence-corrected chi connectivity index (χ3v) is 8.18. The van der Waals surface area contributed by atoms with Crippen LogP contribution in [0.5, 0.6) is 0 Å². The first-order chi connectivity index (χ1) is 18.0. The molecule has 2 amide bonds. The van der Waals surface area contributed by atoms with Gasteiger partial charge in [0.1, 0.15) is 11.6 Å². The lowest BCUT2D eigenvalue weighted by Crippen LogP contribution is -2.48. The number of nitrogens with two attached hydrogens (primary N) is 1. The van der Waals surface area contributed by atoms with Crippen LogP contribution in [-0.2, 0) is 16.1 Å². The molecule has 1 aromatic heterocycles. The predicted octanol–water partition coefficient (Wildman–Crippen LogP) is 3.18. The molecule has 1 aromatic rings. The van der Waals surface area contributed by atoms with Crippen molar-refractivity contribution in [2.75, 3.05) is 38.5 Å². The Hall–Kier alpha value is -2.94. The summed E-state index contributed by atoms with van der Waals surface area (Å²) in [7, 11) is 0. The Morgan fingerprint density at radius 3 is 2.57 bits per heavy atom. The van der Waals surface area contributed by atoms with E-state index in [1.54, 1.807) is 11.1 Å². The monoisotopic (exact) mass is 510 g/mol. The topological polar surface area (TPSA) is 94.8 Å². The first kappa shape index (κ1) is 25.7. The SMILES string of the molecule is Nc1cc(CN2CCC(C(=O)N3CCC(NC4=C(N(C=O)CC5CC5)C=C(F)CC4)CC3)CC2)ccn1. The van der Waals surface area contributed by atoms with E-state index in [9.17, 15) is 14.0 Å². The highest BCUT2D eigenvalue weighted by Gasteiger charge is 2.32. The maximum absolute atomic E-state index is 14.1. The number of nitrogens with one attached hydrogen (secondary N) is 1. The maximum Gasteiger partial charge on any atom is 0.225 e. The van der Waals surface area contributed by atoms with Crippen molar-refractivity contribution in [1.29, 1.82) is 0 Å². The number of hydrogen-bond donors (Lipinski definition) is 2. The lowest BCUT2D eigenvalue weighted by atomic mass is 9.93.